The maximum absolute atomic E-state index is 12.4. The number of rotatable bonds is 6. The second-order valence-corrected chi connectivity index (χ2v) is 5.90. The number of ether oxygens (including phenoxy) is 1. The highest BCUT2D eigenvalue weighted by molar-refractivity contribution is 7.99. The van der Waals surface area contributed by atoms with Crippen LogP contribution in [0.2, 0.25) is 0 Å². The van der Waals surface area contributed by atoms with Crippen LogP contribution < -0.4 is 4.90 Å². The van der Waals surface area contributed by atoms with E-state index in [0.29, 0.717) is 0 Å². The second kappa shape index (κ2) is 7.31. The molecular formula is C16H19NO3S. The maximum Gasteiger partial charge on any atom is 0.315 e. The fourth-order valence-electron chi connectivity index (χ4n) is 2.50. The molecule has 0 radical (unpaired) electrons. The molecule has 1 atom stereocenters. The largest absolute Gasteiger partial charge is 0.469 e. The van der Waals surface area contributed by atoms with Crippen LogP contribution in [0.15, 0.2) is 36.9 Å². The third-order valence-corrected chi connectivity index (χ3v) is 4.50. The normalized spacial score (nSPS) is 16.4. The molecule has 1 aliphatic rings. The highest BCUT2D eigenvalue weighted by Crippen LogP contribution is 2.34. The van der Waals surface area contributed by atoms with Crippen LogP contribution >= 0.6 is 11.8 Å². The Bertz CT molecular complexity index is 544. The van der Waals surface area contributed by atoms with E-state index >= 15 is 0 Å². The molecule has 1 aliphatic heterocycles. The fourth-order valence-corrected chi connectivity index (χ4v) is 3.34. The number of methoxy groups -OCH3 is 1. The van der Waals surface area contributed by atoms with E-state index in [4.69, 9.17) is 0 Å². The van der Waals surface area contributed by atoms with Crippen molar-refractivity contribution in [1.29, 1.82) is 0 Å². The van der Waals surface area contributed by atoms with Gasteiger partial charge in [-0.1, -0.05) is 24.3 Å². The number of hydrogen-bond donors (Lipinski definition) is 0. The molecule has 1 amide bonds. The van der Waals surface area contributed by atoms with Crippen molar-refractivity contribution in [3.8, 4) is 0 Å². The fraction of sp³-hybridized carbons (Fsp3) is 0.375. The lowest BCUT2D eigenvalue weighted by molar-refractivity contribution is -0.143. The number of carbonyl (C=O) groups is 2. The number of amides is 1. The van der Waals surface area contributed by atoms with E-state index in [1.807, 2.05) is 30.3 Å². The predicted octanol–water partition coefficient (Wildman–Crippen LogP) is 2.43. The number of thioether (sulfide) groups is 1. The van der Waals surface area contributed by atoms with Crippen LogP contribution in [-0.2, 0) is 20.7 Å². The molecule has 112 valence electrons. The summed E-state index contributed by atoms with van der Waals surface area (Å²) in [6.07, 6.45) is 2.47. The number of carbonyl (C=O) groups excluding carboxylic acids is 2. The van der Waals surface area contributed by atoms with Crippen LogP contribution in [0.4, 0.5) is 5.69 Å². The van der Waals surface area contributed by atoms with Crippen molar-refractivity contribution in [1.82, 2.24) is 0 Å². The molecule has 0 spiro atoms. The van der Waals surface area contributed by atoms with Crippen molar-refractivity contribution in [2.45, 2.75) is 18.9 Å². The van der Waals surface area contributed by atoms with Crippen molar-refractivity contribution in [2.75, 3.05) is 23.5 Å². The van der Waals surface area contributed by atoms with Gasteiger partial charge in [-0.3, -0.25) is 9.59 Å². The second-order valence-electron chi connectivity index (χ2n) is 4.83. The third-order valence-electron chi connectivity index (χ3n) is 3.41. The first-order valence-corrected chi connectivity index (χ1v) is 7.98. The summed E-state index contributed by atoms with van der Waals surface area (Å²) in [6.45, 7) is 3.71. The molecule has 5 heteroatoms. The molecule has 0 saturated carbocycles. The van der Waals surface area contributed by atoms with E-state index in [9.17, 15) is 9.59 Å². The van der Waals surface area contributed by atoms with E-state index in [1.54, 1.807) is 16.7 Å². The Kier molecular flexibility index (Phi) is 5.44. The Hall–Kier alpha value is -1.75. The Morgan fingerprint density at radius 3 is 2.95 bits per heavy atom. The molecule has 1 heterocycles. The van der Waals surface area contributed by atoms with Crippen molar-refractivity contribution in [3.63, 3.8) is 0 Å². The Labute approximate surface area is 129 Å². The lowest BCUT2D eigenvalue weighted by Crippen LogP contribution is -2.40. The van der Waals surface area contributed by atoms with Crippen LogP contribution in [0.1, 0.15) is 12.0 Å². The summed E-state index contributed by atoms with van der Waals surface area (Å²) in [4.78, 5) is 25.5. The molecule has 4 nitrogen and oxygen atoms in total. The zero-order chi connectivity index (χ0) is 15.2. The molecule has 1 aromatic rings. The van der Waals surface area contributed by atoms with Crippen LogP contribution in [0.3, 0.4) is 0 Å². The van der Waals surface area contributed by atoms with Crippen LogP contribution in [0, 0.1) is 0 Å². The summed E-state index contributed by atoms with van der Waals surface area (Å²) in [5.74, 6) is 0.984. The third kappa shape index (κ3) is 3.67. The molecule has 0 aliphatic carbocycles. The van der Waals surface area contributed by atoms with Gasteiger partial charge in [0.2, 0.25) is 5.91 Å². The molecule has 0 aromatic heterocycles. The maximum atomic E-state index is 12.4. The van der Waals surface area contributed by atoms with Crippen molar-refractivity contribution in [3.05, 3.63) is 42.5 Å². The average molecular weight is 305 g/mol. The van der Waals surface area contributed by atoms with Gasteiger partial charge in [0, 0.05) is 17.2 Å². The predicted molar refractivity (Wildman–Crippen MR) is 85.6 cm³/mol. The molecule has 21 heavy (non-hydrogen) atoms. The first-order valence-electron chi connectivity index (χ1n) is 6.82. The Morgan fingerprint density at radius 1 is 1.48 bits per heavy atom. The molecule has 0 N–H and O–H groups in total. The summed E-state index contributed by atoms with van der Waals surface area (Å²) >= 11 is 1.74. The average Bonchev–Trinajstić information content (AvgIpc) is 2.85. The van der Waals surface area contributed by atoms with E-state index in [1.165, 1.54) is 7.11 Å². The Morgan fingerprint density at radius 2 is 2.24 bits per heavy atom. The lowest BCUT2D eigenvalue weighted by atomic mass is 10.1. The molecule has 0 fully saturated rings. The zero-order valence-corrected chi connectivity index (χ0v) is 12.9. The number of hydrogen-bond acceptors (Lipinski definition) is 4. The van der Waals surface area contributed by atoms with Gasteiger partial charge >= 0.3 is 5.97 Å². The van der Waals surface area contributed by atoms with E-state index in [2.05, 4.69) is 11.3 Å². The highest BCUT2D eigenvalue weighted by atomic mass is 32.2. The van der Waals surface area contributed by atoms with E-state index in [0.717, 1.165) is 29.2 Å². The molecule has 0 bridgehead atoms. The van der Waals surface area contributed by atoms with Crippen molar-refractivity contribution >= 4 is 29.3 Å². The summed E-state index contributed by atoms with van der Waals surface area (Å²) in [5, 5.41) is 0. The molecule has 1 aromatic carbocycles. The summed E-state index contributed by atoms with van der Waals surface area (Å²) < 4.78 is 4.60. The first-order chi connectivity index (χ1) is 10.2. The Balaban J connectivity index is 2.16. The van der Waals surface area contributed by atoms with Gasteiger partial charge in [-0.2, -0.15) is 11.8 Å². The number of anilines is 1. The van der Waals surface area contributed by atoms with Crippen LogP contribution in [-0.4, -0.2) is 36.5 Å². The van der Waals surface area contributed by atoms with Gasteiger partial charge in [-0.05, 0) is 18.1 Å². The minimum Gasteiger partial charge on any atom is -0.469 e. The number of esters is 1. The summed E-state index contributed by atoms with van der Waals surface area (Å²) in [7, 11) is 1.30. The van der Waals surface area contributed by atoms with Gasteiger partial charge in [-0.15, -0.1) is 6.58 Å². The first kappa shape index (κ1) is 15.6. The van der Waals surface area contributed by atoms with Gasteiger partial charge in [0.1, 0.15) is 6.42 Å². The van der Waals surface area contributed by atoms with Crippen molar-refractivity contribution < 1.29 is 14.3 Å². The number of benzene rings is 1. The van der Waals surface area contributed by atoms with E-state index in [-0.39, 0.29) is 18.4 Å². The van der Waals surface area contributed by atoms with Gasteiger partial charge < -0.3 is 9.64 Å². The summed E-state index contributed by atoms with van der Waals surface area (Å²) in [6, 6.07) is 7.94. The van der Waals surface area contributed by atoms with Crippen LogP contribution in [0.25, 0.3) is 0 Å². The summed E-state index contributed by atoms with van der Waals surface area (Å²) in [5.41, 5.74) is 2.07. The minimum atomic E-state index is -0.498. The minimum absolute atomic E-state index is 0.0875. The van der Waals surface area contributed by atoms with Gasteiger partial charge in [-0.25, -0.2) is 0 Å². The highest BCUT2D eigenvalue weighted by Gasteiger charge is 2.34. The van der Waals surface area contributed by atoms with Crippen LogP contribution in [0.5, 0.6) is 0 Å². The van der Waals surface area contributed by atoms with Gasteiger partial charge in [0.05, 0.1) is 13.2 Å². The standard InChI is InChI=1S/C16H19NO3S/c1-3-8-21-11-13-9-12-6-4-5-7-14(12)17(13)15(18)10-16(19)20-2/h3-7,13H,1,8-11H2,2H3. The monoisotopic (exact) mass is 305 g/mol. The molecule has 2 rings (SSSR count). The smallest absolute Gasteiger partial charge is 0.315 e. The molecule has 1 unspecified atom stereocenters. The number of para-hydroxylation sites is 1. The SMILES string of the molecule is C=CCSCC1Cc2ccccc2N1C(=O)CC(=O)OC. The quantitative estimate of drug-likeness (QED) is 0.350. The number of fused-ring (bicyclic) bond motifs is 1. The topological polar surface area (TPSA) is 46.6 Å². The van der Waals surface area contributed by atoms with E-state index < -0.39 is 5.97 Å². The zero-order valence-electron chi connectivity index (χ0n) is 12.1. The van der Waals surface area contributed by atoms with Crippen molar-refractivity contribution in [2.24, 2.45) is 0 Å². The van der Waals surface area contributed by atoms with Gasteiger partial charge in [0.25, 0.3) is 0 Å². The molecule has 0 saturated heterocycles. The number of nitrogens with zero attached hydrogens (tertiary/aromatic N) is 1. The lowest BCUT2D eigenvalue weighted by Gasteiger charge is -2.25. The molecular weight excluding hydrogens is 286 g/mol. The van der Waals surface area contributed by atoms with Gasteiger partial charge in [0.15, 0.2) is 0 Å².